The summed E-state index contributed by atoms with van der Waals surface area (Å²) in [4.78, 5) is 13.6. The van der Waals surface area contributed by atoms with E-state index in [4.69, 9.17) is 14.2 Å². The van der Waals surface area contributed by atoms with E-state index in [1.165, 1.54) is 0 Å². The van der Waals surface area contributed by atoms with E-state index in [2.05, 4.69) is 12.2 Å². The number of amides is 1. The average molecular weight is 322 g/mol. The van der Waals surface area contributed by atoms with Crippen molar-refractivity contribution >= 4 is 5.91 Å². The van der Waals surface area contributed by atoms with E-state index in [-0.39, 0.29) is 11.9 Å². The van der Waals surface area contributed by atoms with Gasteiger partial charge in [-0.25, -0.2) is 0 Å². The van der Waals surface area contributed by atoms with Gasteiger partial charge in [0.2, 0.25) is 5.91 Å². The van der Waals surface area contributed by atoms with Crippen LogP contribution in [0.25, 0.3) is 0 Å². The molecule has 0 aliphatic carbocycles. The Morgan fingerprint density at radius 1 is 1.13 bits per heavy atom. The topological polar surface area (TPSA) is 60.0 Å². The summed E-state index contributed by atoms with van der Waals surface area (Å²) in [6, 6.07) is 3.94. The number of rotatable bonds is 8. The lowest BCUT2D eigenvalue weighted by molar-refractivity contribution is -0.127. The van der Waals surface area contributed by atoms with Crippen molar-refractivity contribution in [1.29, 1.82) is 0 Å². The van der Waals surface area contributed by atoms with Crippen LogP contribution in [0.4, 0.5) is 0 Å². The number of carbonyl (C=O) groups is 1. The van der Waals surface area contributed by atoms with Crippen molar-refractivity contribution in [2.75, 3.05) is 34.4 Å². The molecule has 1 saturated heterocycles. The van der Waals surface area contributed by atoms with Gasteiger partial charge in [-0.2, -0.15) is 0 Å². The van der Waals surface area contributed by atoms with Gasteiger partial charge >= 0.3 is 0 Å². The number of likely N-dealkylation sites (tertiary alicyclic amines) is 1. The third-order valence-corrected chi connectivity index (χ3v) is 4.09. The number of nitrogens with zero attached hydrogens (tertiary/aromatic N) is 1. The highest BCUT2D eigenvalue weighted by molar-refractivity contribution is 5.78. The zero-order chi connectivity index (χ0) is 16.8. The van der Waals surface area contributed by atoms with Crippen LogP contribution >= 0.6 is 0 Å². The third-order valence-electron chi connectivity index (χ3n) is 4.09. The fraction of sp³-hybridized carbons (Fsp3) is 0.588. The van der Waals surface area contributed by atoms with Crippen LogP contribution < -0.4 is 19.5 Å². The molecule has 0 aromatic heterocycles. The first-order valence-corrected chi connectivity index (χ1v) is 7.89. The molecule has 0 spiro atoms. The van der Waals surface area contributed by atoms with Gasteiger partial charge in [-0.3, -0.25) is 4.79 Å². The van der Waals surface area contributed by atoms with Crippen molar-refractivity contribution in [3.63, 3.8) is 0 Å². The molecule has 6 nitrogen and oxygen atoms in total. The molecule has 1 fully saturated rings. The molecule has 1 heterocycles. The monoisotopic (exact) mass is 322 g/mol. The molecular weight excluding hydrogens is 296 g/mol. The van der Waals surface area contributed by atoms with E-state index in [1.807, 2.05) is 17.0 Å². The first kappa shape index (κ1) is 17.4. The van der Waals surface area contributed by atoms with Gasteiger partial charge in [0.05, 0.1) is 21.3 Å². The molecule has 1 aliphatic rings. The molecule has 1 aromatic carbocycles. The van der Waals surface area contributed by atoms with Gasteiger partial charge in [-0.1, -0.05) is 0 Å². The van der Waals surface area contributed by atoms with Crippen LogP contribution in [0.3, 0.4) is 0 Å². The number of nitrogens with one attached hydrogen (secondary N) is 1. The molecule has 0 radical (unpaired) electrons. The van der Waals surface area contributed by atoms with Gasteiger partial charge in [0, 0.05) is 43.7 Å². The molecule has 0 bridgehead atoms. The predicted octanol–water partition coefficient (Wildman–Crippen LogP) is 1.81. The van der Waals surface area contributed by atoms with Crippen LogP contribution in [0.2, 0.25) is 0 Å². The Balaban J connectivity index is 1.99. The maximum atomic E-state index is 11.7. The van der Waals surface area contributed by atoms with Gasteiger partial charge in [-0.15, -0.1) is 0 Å². The molecule has 23 heavy (non-hydrogen) atoms. The Bertz CT molecular complexity index is 548. The minimum atomic E-state index is 0.204. The summed E-state index contributed by atoms with van der Waals surface area (Å²) in [6.07, 6.45) is 1.64. The molecule has 1 N–H and O–H groups in total. The smallest absolute Gasteiger partial charge is 0.222 e. The van der Waals surface area contributed by atoms with Crippen LogP contribution in [0.1, 0.15) is 25.3 Å². The maximum absolute atomic E-state index is 11.7. The Kier molecular flexibility index (Phi) is 6.10. The summed E-state index contributed by atoms with van der Waals surface area (Å²) in [5, 5.41) is 3.44. The number of ether oxygens (including phenoxy) is 3. The van der Waals surface area contributed by atoms with E-state index in [1.54, 1.807) is 21.3 Å². The largest absolute Gasteiger partial charge is 0.496 e. The average Bonchev–Trinajstić information content (AvgIpc) is 2.96. The lowest BCUT2D eigenvalue weighted by Crippen LogP contribution is -2.39. The Morgan fingerprint density at radius 3 is 2.35 bits per heavy atom. The van der Waals surface area contributed by atoms with Gasteiger partial charge in [-0.05, 0) is 19.4 Å². The number of carbonyl (C=O) groups excluding carboxylic acids is 1. The van der Waals surface area contributed by atoms with Gasteiger partial charge in [0.25, 0.3) is 0 Å². The minimum Gasteiger partial charge on any atom is -0.496 e. The summed E-state index contributed by atoms with van der Waals surface area (Å²) in [5.41, 5.74) is 0.991. The second-order valence-corrected chi connectivity index (χ2v) is 5.74. The highest BCUT2D eigenvalue weighted by atomic mass is 16.5. The van der Waals surface area contributed by atoms with Crippen LogP contribution in [0, 0.1) is 0 Å². The first-order valence-electron chi connectivity index (χ1n) is 7.89. The maximum Gasteiger partial charge on any atom is 0.222 e. The summed E-state index contributed by atoms with van der Waals surface area (Å²) < 4.78 is 16.1. The summed E-state index contributed by atoms with van der Waals surface area (Å²) in [7, 11) is 4.85. The fourth-order valence-corrected chi connectivity index (χ4v) is 2.81. The predicted molar refractivity (Wildman–Crippen MR) is 88.2 cm³/mol. The Labute approximate surface area is 137 Å². The molecule has 0 saturated carbocycles. The number of methoxy groups -OCH3 is 3. The normalized spacial score (nSPS) is 15.7. The van der Waals surface area contributed by atoms with Gasteiger partial charge < -0.3 is 24.4 Å². The molecule has 0 unspecified atom stereocenters. The number of hydrogen-bond acceptors (Lipinski definition) is 5. The zero-order valence-electron chi connectivity index (χ0n) is 14.3. The van der Waals surface area contributed by atoms with Crippen LogP contribution in [-0.2, 0) is 11.3 Å². The van der Waals surface area contributed by atoms with E-state index < -0.39 is 0 Å². The molecule has 128 valence electrons. The second-order valence-electron chi connectivity index (χ2n) is 5.74. The second kappa shape index (κ2) is 8.06. The first-order chi connectivity index (χ1) is 11.1. The molecule has 1 atom stereocenters. The molecule has 6 heteroatoms. The fourth-order valence-electron chi connectivity index (χ4n) is 2.81. The summed E-state index contributed by atoms with van der Waals surface area (Å²) in [5.74, 6) is 2.32. The highest BCUT2D eigenvalue weighted by Crippen LogP contribution is 2.34. The minimum absolute atomic E-state index is 0.204. The summed E-state index contributed by atoms with van der Waals surface area (Å²) in [6.45, 7) is 4.31. The van der Waals surface area contributed by atoms with E-state index >= 15 is 0 Å². The van der Waals surface area contributed by atoms with Crippen molar-refractivity contribution < 1.29 is 19.0 Å². The number of hydrogen-bond donors (Lipinski definition) is 1. The summed E-state index contributed by atoms with van der Waals surface area (Å²) >= 11 is 0. The van der Waals surface area contributed by atoms with E-state index in [0.29, 0.717) is 24.5 Å². The highest BCUT2D eigenvalue weighted by Gasteiger charge is 2.21. The van der Waals surface area contributed by atoms with Crippen LogP contribution in [0.15, 0.2) is 12.1 Å². The quantitative estimate of drug-likeness (QED) is 0.791. The zero-order valence-corrected chi connectivity index (χ0v) is 14.3. The molecule has 1 aliphatic heterocycles. The van der Waals surface area contributed by atoms with E-state index in [0.717, 1.165) is 30.8 Å². The molecule has 1 aromatic rings. The van der Waals surface area contributed by atoms with Crippen LogP contribution in [0.5, 0.6) is 17.2 Å². The van der Waals surface area contributed by atoms with Crippen molar-refractivity contribution in [3.05, 3.63) is 17.7 Å². The van der Waals surface area contributed by atoms with Crippen molar-refractivity contribution in [2.45, 2.75) is 32.4 Å². The lowest BCUT2D eigenvalue weighted by atomic mass is 10.1. The van der Waals surface area contributed by atoms with Crippen LogP contribution in [-0.4, -0.2) is 51.3 Å². The third kappa shape index (κ3) is 4.28. The Morgan fingerprint density at radius 2 is 1.78 bits per heavy atom. The molecule has 1 amide bonds. The number of benzene rings is 1. The van der Waals surface area contributed by atoms with Gasteiger partial charge in [0.1, 0.15) is 5.75 Å². The van der Waals surface area contributed by atoms with E-state index in [9.17, 15) is 4.79 Å². The Hall–Kier alpha value is -1.95. The SMILES string of the molecule is COc1cc(OC)c(OC)cc1CN[C@H](C)CN1CCCC1=O. The van der Waals surface area contributed by atoms with Crippen molar-refractivity contribution in [3.8, 4) is 17.2 Å². The molecular formula is C17H26N2O4. The molecule has 2 rings (SSSR count). The standard InChI is InChI=1S/C17H26N2O4/c1-12(11-19-7-5-6-17(19)20)18-10-13-8-15(22-3)16(23-4)9-14(13)21-2/h8-9,12,18H,5-7,10-11H2,1-4H3/t12-/m1/s1. The lowest BCUT2D eigenvalue weighted by Gasteiger charge is -2.22. The van der Waals surface area contributed by atoms with Crippen molar-refractivity contribution in [2.24, 2.45) is 0 Å². The van der Waals surface area contributed by atoms with Crippen molar-refractivity contribution in [1.82, 2.24) is 10.2 Å². The van der Waals surface area contributed by atoms with Gasteiger partial charge in [0.15, 0.2) is 11.5 Å².